The summed E-state index contributed by atoms with van der Waals surface area (Å²) in [7, 11) is 0. The zero-order valence-corrected chi connectivity index (χ0v) is 6.36. The molecule has 0 aromatic carbocycles. The van der Waals surface area contributed by atoms with E-state index in [0.29, 0.717) is 0 Å². The lowest BCUT2D eigenvalue weighted by atomic mass is 10.0. The van der Waals surface area contributed by atoms with Crippen molar-refractivity contribution in [2.24, 2.45) is 5.92 Å². The van der Waals surface area contributed by atoms with Gasteiger partial charge in [-0.25, -0.2) is 0 Å². The molecule has 0 radical (unpaired) electrons. The fourth-order valence-corrected chi connectivity index (χ4v) is 0.606. The third-order valence-electron chi connectivity index (χ3n) is 1.85. The molecule has 0 aliphatic carbocycles. The van der Waals surface area contributed by atoms with E-state index in [0.717, 1.165) is 5.92 Å². The van der Waals surface area contributed by atoms with Crippen LogP contribution in [0.1, 0.15) is 49.0 Å². The fourth-order valence-electron chi connectivity index (χ4n) is 0.606. The molecular formula is C10H24. The van der Waals surface area contributed by atoms with E-state index >= 15 is 0 Å². The highest BCUT2D eigenvalue weighted by atomic mass is 14.0. The first-order valence-electron chi connectivity index (χ1n) is 3.35. The van der Waals surface area contributed by atoms with E-state index in [2.05, 4.69) is 33.8 Å². The molecule has 0 heteroatoms. The summed E-state index contributed by atoms with van der Waals surface area (Å²) >= 11 is 0. The maximum Gasteiger partial charge on any atom is -0.0237 e. The van der Waals surface area contributed by atoms with Gasteiger partial charge < -0.3 is 0 Å². The Bertz CT molecular complexity index is 80.0. The van der Waals surface area contributed by atoms with Crippen molar-refractivity contribution in [3.8, 4) is 0 Å². The van der Waals surface area contributed by atoms with Gasteiger partial charge in [0, 0.05) is 0 Å². The minimum Gasteiger partial charge on any atom is -0.0885 e. The topological polar surface area (TPSA) is 0 Å². The van der Waals surface area contributed by atoms with Crippen molar-refractivity contribution >= 4 is 0 Å². The van der Waals surface area contributed by atoms with Crippen LogP contribution in [-0.2, 0) is 0 Å². The Balaban J connectivity index is -0.000000245. The Hall–Kier alpha value is -0.260. The molecule has 0 fully saturated rings. The molecule has 0 aliphatic heterocycles. The van der Waals surface area contributed by atoms with Crippen molar-refractivity contribution in [2.75, 3.05) is 0 Å². The van der Waals surface area contributed by atoms with E-state index in [-0.39, 0.29) is 14.9 Å². The van der Waals surface area contributed by atoms with Crippen LogP contribution in [0.15, 0.2) is 11.6 Å². The summed E-state index contributed by atoms with van der Waals surface area (Å²) in [6, 6.07) is 0. The lowest BCUT2D eigenvalue weighted by Crippen LogP contribution is -1.91. The molecule has 64 valence electrons. The van der Waals surface area contributed by atoms with E-state index < -0.39 is 0 Å². The maximum atomic E-state index is 2.26. The number of hydrogen-bond donors (Lipinski definition) is 0. The van der Waals surface area contributed by atoms with Gasteiger partial charge in [-0.2, -0.15) is 0 Å². The average molecular weight is 144 g/mol. The normalized spacial score (nSPS) is 13.0. The molecule has 0 aromatic rings. The van der Waals surface area contributed by atoms with Crippen molar-refractivity contribution in [1.82, 2.24) is 0 Å². The second kappa shape index (κ2) is 8.74. The van der Waals surface area contributed by atoms with Gasteiger partial charge in [-0.15, -0.1) is 0 Å². The third-order valence-corrected chi connectivity index (χ3v) is 1.85. The largest absolute Gasteiger partial charge is 0.0885 e. The molecule has 0 rings (SSSR count). The summed E-state index contributed by atoms with van der Waals surface area (Å²) in [5.41, 5.74) is 1.51. The summed E-state index contributed by atoms with van der Waals surface area (Å²) in [5, 5.41) is 0. The standard InChI is InChI=1S/C8H16.2CH4/c1-5-7(3)8(4)6-2;;/h5,8H,6H2,1-4H3;2*1H4/b7-5-;;. The quantitative estimate of drug-likeness (QED) is 0.508. The van der Waals surface area contributed by atoms with Crippen LogP contribution in [0.5, 0.6) is 0 Å². The van der Waals surface area contributed by atoms with Crippen LogP contribution in [-0.4, -0.2) is 0 Å². The Kier molecular flexibility index (Phi) is 14.3. The SMILES string of the molecule is C.C.C/C=C(/C)C(C)CC. The average Bonchev–Trinajstić information content (AvgIpc) is 1.84. The highest BCUT2D eigenvalue weighted by molar-refractivity contribution is 4.99. The van der Waals surface area contributed by atoms with Gasteiger partial charge in [0.15, 0.2) is 0 Å². The van der Waals surface area contributed by atoms with Gasteiger partial charge in [-0.3, -0.25) is 0 Å². The lowest BCUT2D eigenvalue weighted by Gasteiger charge is -2.06. The van der Waals surface area contributed by atoms with E-state index in [1.54, 1.807) is 0 Å². The van der Waals surface area contributed by atoms with Gasteiger partial charge in [0.1, 0.15) is 0 Å². The van der Waals surface area contributed by atoms with Crippen molar-refractivity contribution < 1.29 is 0 Å². The van der Waals surface area contributed by atoms with E-state index in [1.807, 2.05) is 0 Å². The van der Waals surface area contributed by atoms with Gasteiger partial charge in [0.25, 0.3) is 0 Å². The molecule has 1 unspecified atom stereocenters. The second-order valence-electron chi connectivity index (χ2n) is 2.34. The predicted molar refractivity (Wildman–Crippen MR) is 52.3 cm³/mol. The minimum absolute atomic E-state index is 0. The molecule has 0 amide bonds. The number of hydrogen-bond acceptors (Lipinski definition) is 0. The summed E-state index contributed by atoms with van der Waals surface area (Å²) in [6.45, 7) is 8.77. The van der Waals surface area contributed by atoms with Crippen LogP contribution in [0.2, 0.25) is 0 Å². The van der Waals surface area contributed by atoms with Crippen LogP contribution in [0, 0.1) is 5.92 Å². The summed E-state index contributed by atoms with van der Waals surface area (Å²) in [6.07, 6.45) is 3.45. The molecule has 0 aromatic heterocycles. The lowest BCUT2D eigenvalue weighted by molar-refractivity contribution is 0.654. The van der Waals surface area contributed by atoms with Crippen LogP contribution < -0.4 is 0 Å². The molecule has 0 heterocycles. The molecule has 0 bridgehead atoms. The van der Waals surface area contributed by atoms with Gasteiger partial charge in [-0.1, -0.05) is 40.3 Å². The molecule has 0 nitrogen and oxygen atoms in total. The first-order valence-corrected chi connectivity index (χ1v) is 3.35. The summed E-state index contributed by atoms with van der Waals surface area (Å²) in [5.74, 6) is 0.778. The minimum atomic E-state index is 0. The van der Waals surface area contributed by atoms with Gasteiger partial charge in [0.05, 0.1) is 0 Å². The molecule has 0 aliphatic rings. The zero-order chi connectivity index (χ0) is 6.57. The zero-order valence-electron chi connectivity index (χ0n) is 6.36. The fraction of sp³-hybridized carbons (Fsp3) is 0.800. The monoisotopic (exact) mass is 144 g/mol. The van der Waals surface area contributed by atoms with Crippen LogP contribution in [0.25, 0.3) is 0 Å². The first kappa shape index (κ1) is 16.4. The molecule has 0 N–H and O–H groups in total. The highest BCUT2D eigenvalue weighted by Gasteiger charge is 1.96. The van der Waals surface area contributed by atoms with E-state index in [1.165, 1.54) is 12.0 Å². The summed E-state index contributed by atoms with van der Waals surface area (Å²) in [4.78, 5) is 0. The molecule has 10 heavy (non-hydrogen) atoms. The highest BCUT2D eigenvalue weighted by Crippen LogP contribution is 2.11. The number of rotatable bonds is 2. The molecular weight excluding hydrogens is 120 g/mol. The van der Waals surface area contributed by atoms with E-state index in [9.17, 15) is 0 Å². The smallest absolute Gasteiger partial charge is 0.0237 e. The number of allylic oxidation sites excluding steroid dienone is 2. The Morgan fingerprint density at radius 2 is 1.80 bits per heavy atom. The van der Waals surface area contributed by atoms with Gasteiger partial charge in [-0.05, 0) is 26.2 Å². The van der Waals surface area contributed by atoms with Gasteiger partial charge >= 0.3 is 0 Å². The van der Waals surface area contributed by atoms with Crippen molar-refractivity contribution in [2.45, 2.75) is 49.0 Å². The predicted octanol–water partition coefficient (Wildman–Crippen LogP) is 4.27. The molecule has 0 saturated heterocycles. The molecule has 1 atom stereocenters. The van der Waals surface area contributed by atoms with Crippen LogP contribution in [0.3, 0.4) is 0 Å². The third kappa shape index (κ3) is 5.87. The Morgan fingerprint density at radius 3 is 1.90 bits per heavy atom. The summed E-state index contributed by atoms with van der Waals surface area (Å²) < 4.78 is 0. The van der Waals surface area contributed by atoms with Crippen molar-refractivity contribution in [1.29, 1.82) is 0 Å². The van der Waals surface area contributed by atoms with Crippen LogP contribution in [0.4, 0.5) is 0 Å². The Labute approximate surface area is 67.3 Å². The Morgan fingerprint density at radius 1 is 1.40 bits per heavy atom. The molecule has 0 spiro atoms. The van der Waals surface area contributed by atoms with E-state index in [4.69, 9.17) is 0 Å². The second-order valence-corrected chi connectivity index (χ2v) is 2.34. The van der Waals surface area contributed by atoms with Crippen LogP contribution >= 0.6 is 0 Å². The van der Waals surface area contributed by atoms with Gasteiger partial charge in [0.2, 0.25) is 0 Å². The molecule has 0 saturated carbocycles. The first-order chi connectivity index (χ1) is 3.72. The van der Waals surface area contributed by atoms with Crippen molar-refractivity contribution in [3.63, 3.8) is 0 Å². The maximum absolute atomic E-state index is 2.26. The van der Waals surface area contributed by atoms with Crippen molar-refractivity contribution in [3.05, 3.63) is 11.6 Å².